The minimum absolute atomic E-state index is 0.647. The zero-order valence-electron chi connectivity index (χ0n) is 28.5. The van der Waals surface area contributed by atoms with Gasteiger partial charge in [-0.1, -0.05) is 127 Å². The van der Waals surface area contributed by atoms with Gasteiger partial charge >= 0.3 is 0 Å². The molecule has 7 aromatic rings. The van der Waals surface area contributed by atoms with Crippen molar-refractivity contribution in [3.8, 4) is 67.5 Å². The molecule has 0 fully saturated rings. The molecule has 3 heteroatoms. The first-order chi connectivity index (χ1) is 23.3. The van der Waals surface area contributed by atoms with Crippen LogP contribution < -0.4 is 0 Å². The van der Waals surface area contributed by atoms with E-state index in [9.17, 15) is 0 Å². The van der Waals surface area contributed by atoms with E-state index in [2.05, 4.69) is 169 Å². The largest absolute Gasteiger partial charge is 0.208 e. The highest BCUT2D eigenvalue weighted by atomic mass is 15.0. The van der Waals surface area contributed by atoms with Crippen LogP contribution in [-0.4, -0.2) is 15.0 Å². The van der Waals surface area contributed by atoms with Crippen LogP contribution in [0.3, 0.4) is 0 Å². The van der Waals surface area contributed by atoms with E-state index >= 15 is 0 Å². The third-order valence-electron chi connectivity index (χ3n) is 9.59. The van der Waals surface area contributed by atoms with Crippen LogP contribution in [0.5, 0.6) is 0 Å². The average Bonchev–Trinajstić information content (AvgIpc) is 3.11. The molecule has 48 heavy (non-hydrogen) atoms. The van der Waals surface area contributed by atoms with Crippen LogP contribution in [0.25, 0.3) is 67.5 Å². The van der Waals surface area contributed by atoms with Gasteiger partial charge in [-0.3, -0.25) is 0 Å². The summed E-state index contributed by atoms with van der Waals surface area (Å²) in [4.78, 5) is 15.8. The van der Waals surface area contributed by atoms with Gasteiger partial charge in [0.05, 0.1) is 0 Å². The van der Waals surface area contributed by atoms with Gasteiger partial charge in [-0.2, -0.15) is 0 Å². The molecule has 0 aliphatic rings. The molecule has 0 saturated heterocycles. The van der Waals surface area contributed by atoms with Crippen molar-refractivity contribution in [1.29, 1.82) is 0 Å². The lowest BCUT2D eigenvalue weighted by Gasteiger charge is -2.16. The third kappa shape index (κ3) is 5.96. The number of nitrogens with zero attached hydrogens (tertiary/aromatic N) is 3. The lowest BCUT2D eigenvalue weighted by Crippen LogP contribution is -2.03. The lowest BCUT2D eigenvalue weighted by atomic mass is 9.94. The minimum Gasteiger partial charge on any atom is -0.208 e. The molecule has 0 aliphatic carbocycles. The Morgan fingerprint density at radius 2 is 0.521 bits per heavy atom. The first kappa shape index (κ1) is 31.0. The number of hydrogen-bond donors (Lipinski definition) is 0. The first-order valence-electron chi connectivity index (χ1n) is 16.5. The van der Waals surface area contributed by atoms with Gasteiger partial charge in [0.25, 0.3) is 0 Å². The standard InChI is InChI=1S/C45H39N3/c1-28-19-22-34(25-31(28)4)37-13-7-10-16-40(37)43-46-44(41-17-11-8-14-38(41)35-23-20-29(2)32(5)26-35)48-45(47-43)42-18-12-9-15-39(42)36-24-21-30(3)33(6)27-36/h7-27H,1-6H3. The first-order valence-corrected chi connectivity index (χ1v) is 16.5. The Kier molecular flexibility index (Phi) is 8.29. The molecule has 0 saturated carbocycles. The van der Waals surface area contributed by atoms with Gasteiger partial charge in [0.2, 0.25) is 0 Å². The van der Waals surface area contributed by atoms with Gasteiger partial charge in [0.1, 0.15) is 0 Å². The number of rotatable bonds is 6. The molecule has 3 nitrogen and oxygen atoms in total. The molecule has 0 atom stereocenters. The van der Waals surface area contributed by atoms with Gasteiger partial charge in [-0.15, -0.1) is 0 Å². The van der Waals surface area contributed by atoms with Crippen LogP contribution in [0.1, 0.15) is 33.4 Å². The van der Waals surface area contributed by atoms with Crippen molar-refractivity contribution in [3.05, 3.63) is 161 Å². The summed E-state index contributed by atoms with van der Waals surface area (Å²) >= 11 is 0. The number of aryl methyl sites for hydroxylation is 6. The Morgan fingerprint density at radius 1 is 0.271 bits per heavy atom. The Balaban J connectivity index is 1.49. The lowest BCUT2D eigenvalue weighted by molar-refractivity contribution is 1.07. The van der Waals surface area contributed by atoms with Gasteiger partial charge < -0.3 is 0 Å². The fraction of sp³-hybridized carbons (Fsp3) is 0.133. The summed E-state index contributed by atoms with van der Waals surface area (Å²) in [5.41, 5.74) is 17.2. The molecular weight excluding hydrogens is 583 g/mol. The zero-order chi connectivity index (χ0) is 33.4. The van der Waals surface area contributed by atoms with Crippen molar-refractivity contribution in [1.82, 2.24) is 15.0 Å². The van der Waals surface area contributed by atoms with Crippen molar-refractivity contribution < 1.29 is 0 Å². The molecule has 0 unspecified atom stereocenters. The van der Waals surface area contributed by atoms with E-state index in [0.29, 0.717) is 17.5 Å². The van der Waals surface area contributed by atoms with Crippen molar-refractivity contribution in [2.45, 2.75) is 41.5 Å². The second kappa shape index (κ2) is 12.8. The molecule has 1 heterocycles. The van der Waals surface area contributed by atoms with E-state index in [1.54, 1.807) is 0 Å². The topological polar surface area (TPSA) is 38.7 Å². The fourth-order valence-electron chi connectivity index (χ4n) is 6.25. The summed E-state index contributed by atoms with van der Waals surface area (Å²) in [7, 11) is 0. The average molecular weight is 622 g/mol. The van der Waals surface area contributed by atoms with Crippen LogP contribution in [0.4, 0.5) is 0 Å². The van der Waals surface area contributed by atoms with Gasteiger partial charge in [0.15, 0.2) is 17.5 Å². The molecule has 1 aromatic heterocycles. The highest BCUT2D eigenvalue weighted by Gasteiger charge is 2.20. The maximum Gasteiger partial charge on any atom is 0.164 e. The molecule has 6 aromatic carbocycles. The maximum absolute atomic E-state index is 5.26. The molecule has 7 rings (SSSR count). The van der Waals surface area contributed by atoms with Crippen molar-refractivity contribution in [3.63, 3.8) is 0 Å². The van der Waals surface area contributed by atoms with E-state index in [1.165, 1.54) is 33.4 Å². The predicted molar refractivity (Wildman–Crippen MR) is 201 cm³/mol. The van der Waals surface area contributed by atoms with E-state index in [4.69, 9.17) is 15.0 Å². The molecule has 0 spiro atoms. The predicted octanol–water partition coefficient (Wildman–Crippen LogP) is 11.7. The van der Waals surface area contributed by atoms with Crippen LogP contribution in [0, 0.1) is 41.5 Å². The zero-order valence-corrected chi connectivity index (χ0v) is 28.5. The van der Waals surface area contributed by atoms with Crippen LogP contribution in [-0.2, 0) is 0 Å². The highest BCUT2D eigenvalue weighted by molar-refractivity contribution is 5.87. The molecule has 234 valence electrons. The molecule has 0 bridgehead atoms. The van der Waals surface area contributed by atoms with Crippen LogP contribution >= 0.6 is 0 Å². The van der Waals surface area contributed by atoms with Crippen molar-refractivity contribution in [2.75, 3.05) is 0 Å². The summed E-state index contributed by atoms with van der Waals surface area (Å²) in [5.74, 6) is 1.94. The quantitative estimate of drug-likeness (QED) is 0.185. The SMILES string of the molecule is Cc1ccc(-c2ccccc2-c2nc(-c3ccccc3-c3ccc(C)c(C)c3)nc(-c3ccccc3-c3ccc(C)c(C)c3)n2)cc1C. The Morgan fingerprint density at radius 3 is 0.771 bits per heavy atom. The summed E-state index contributed by atoms with van der Waals surface area (Å²) in [6.45, 7) is 12.9. The van der Waals surface area contributed by atoms with Gasteiger partial charge in [-0.05, 0) is 108 Å². The number of aromatic nitrogens is 3. The smallest absolute Gasteiger partial charge is 0.164 e. The molecular formula is C45H39N3. The molecule has 0 N–H and O–H groups in total. The summed E-state index contributed by atoms with van der Waals surface area (Å²) < 4.78 is 0. The summed E-state index contributed by atoms with van der Waals surface area (Å²) in [6.07, 6.45) is 0. The molecule has 0 radical (unpaired) electrons. The second-order valence-corrected chi connectivity index (χ2v) is 12.8. The second-order valence-electron chi connectivity index (χ2n) is 12.8. The Hall–Kier alpha value is -5.67. The van der Waals surface area contributed by atoms with Crippen molar-refractivity contribution >= 4 is 0 Å². The van der Waals surface area contributed by atoms with E-state index in [-0.39, 0.29) is 0 Å². The normalized spacial score (nSPS) is 11.1. The summed E-state index contributed by atoms with van der Waals surface area (Å²) in [6, 6.07) is 45.2. The van der Waals surface area contributed by atoms with E-state index in [0.717, 1.165) is 50.1 Å². The van der Waals surface area contributed by atoms with Crippen LogP contribution in [0.15, 0.2) is 127 Å². The van der Waals surface area contributed by atoms with E-state index < -0.39 is 0 Å². The van der Waals surface area contributed by atoms with E-state index in [1.807, 2.05) is 0 Å². The number of benzene rings is 6. The Bertz CT molecular complexity index is 2040. The highest BCUT2D eigenvalue weighted by Crippen LogP contribution is 2.38. The fourth-order valence-corrected chi connectivity index (χ4v) is 6.25. The minimum atomic E-state index is 0.647. The maximum atomic E-state index is 5.26. The van der Waals surface area contributed by atoms with Gasteiger partial charge in [0, 0.05) is 16.7 Å². The van der Waals surface area contributed by atoms with Crippen LogP contribution in [0.2, 0.25) is 0 Å². The number of hydrogen-bond acceptors (Lipinski definition) is 3. The van der Waals surface area contributed by atoms with Crippen molar-refractivity contribution in [2.24, 2.45) is 0 Å². The monoisotopic (exact) mass is 621 g/mol. The summed E-state index contributed by atoms with van der Waals surface area (Å²) in [5, 5.41) is 0. The molecule has 0 aliphatic heterocycles. The molecule has 0 amide bonds. The third-order valence-corrected chi connectivity index (χ3v) is 9.59. The van der Waals surface area contributed by atoms with Gasteiger partial charge in [-0.25, -0.2) is 15.0 Å². The Labute approximate surface area is 284 Å².